The Kier molecular flexibility index (Phi) is 4.74. The van der Waals surface area contributed by atoms with Crippen molar-refractivity contribution in [2.24, 2.45) is 0 Å². The Labute approximate surface area is 112 Å². The van der Waals surface area contributed by atoms with Gasteiger partial charge in [-0.15, -0.1) is 0 Å². The van der Waals surface area contributed by atoms with Gasteiger partial charge in [-0.3, -0.25) is 4.79 Å². The molecule has 5 heteroatoms. The Morgan fingerprint density at radius 3 is 2.79 bits per heavy atom. The van der Waals surface area contributed by atoms with E-state index in [2.05, 4.69) is 0 Å². The van der Waals surface area contributed by atoms with E-state index in [1.165, 1.54) is 13.2 Å². The van der Waals surface area contributed by atoms with E-state index >= 15 is 0 Å². The standard InChI is InChI=1S/C14H18FNO3/c1-18-13-4-2-11(10-12(13)15)3-5-14(17)16-6-8-19-9-7-16/h2,4,10H,3,5-9H2,1H3. The number of amides is 1. The first-order valence-corrected chi connectivity index (χ1v) is 6.38. The van der Waals surface area contributed by atoms with E-state index in [0.29, 0.717) is 39.1 Å². The zero-order chi connectivity index (χ0) is 13.7. The van der Waals surface area contributed by atoms with Crippen LogP contribution in [0.3, 0.4) is 0 Å². The van der Waals surface area contributed by atoms with Crippen molar-refractivity contribution in [1.29, 1.82) is 0 Å². The van der Waals surface area contributed by atoms with Crippen molar-refractivity contribution in [2.45, 2.75) is 12.8 Å². The third-order valence-corrected chi connectivity index (χ3v) is 3.21. The fourth-order valence-electron chi connectivity index (χ4n) is 2.09. The monoisotopic (exact) mass is 267 g/mol. The van der Waals surface area contributed by atoms with E-state index in [-0.39, 0.29) is 17.5 Å². The van der Waals surface area contributed by atoms with Gasteiger partial charge in [0.1, 0.15) is 0 Å². The summed E-state index contributed by atoms with van der Waals surface area (Å²) >= 11 is 0. The van der Waals surface area contributed by atoms with Gasteiger partial charge in [0, 0.05) is 19.5 Å². The molecule has 1 aliphatic heterocycles. The first-order chi connectivity index (χ1) is 9.20. The summed E-state index contributed by atoms with van der Waals surface area (Å²) in [5.41, 5.74) is 0.805. The van der Waals surface area contributed by atoms with Crippen LogP contribution in [0.5, 0.6) is 5.75 Å². The highest BCUT2D eigenvalue weighted by atomic mass is 19.1. The van der Waals surface area contributed by atoms with Gasteiger partial charge < -0.3 is 14.4 Å². The Morgan fingerprint density at radius 2 is 2.16 bits per heavy atom. The largest absolute Gasteiger partial charge is 0.494 e. The van der Waals surface area contributed by atoms with Crippen LogP contribution in [-0.4, -0.2) is 44.2 Å². The molecule has 4 nitrogen and oxygen atoms in total. The predicted octanol–water partition coefficient (Wildman–Crippen LogP) is 1.63. The molecule has 1 aliphatic rings. The van der Waals surface area contributed by atoms with Crippen molar-refractivity contribution < 1.29 is 18.7 Å². The zero-order valence-corrected chi connectivity index (χ0v) is 11.0. The fraction of sp³-hybridized carbons (Fsp3) is 0.500. The summed E-state index contributed by atoms with van der Waals surface area (Å²) < 4.78 is 23.5. The Bertz CT molecular complexity index is 444. The molecule has 1 aromatic carbocycles. The van der Waals surface area contributed by atoms with Gasteiger partial charge in [0.15, 0.2) is 11.6 Å². The number of ether oxygens (including phenoxy) is 2. The highest BCUT2D eigenvalue weighted by Crippen LogP contribution is 2.18. The van der Waals surface area contributed by atoms with Crippen molar-refractivity contribution >= 4 is 5.91 Å². The molecule has 0 aliphatic carbocycles. The van der Waals surface area contributed by atoms with Crippen molar-refractivity contribution in [3.05, 3.63) is 29.6 Å². The summed E-state index contributed by atoms with van der Waals surface area (Å²) in [4.78, 5) is 13.7. The van der Waals surface area contributed by atoms with Crippen LogP contribution in [0.25, 0.3) is 0 Å². The minimum atomic E-state index is -0.390. The zero-order valence-electron chi connectivity index (χ0n) is 11.0. The van der Waals surface area contributed by atoms with E-state index in [0.717, 1.165) is 5.56 Å². The number of rotatable bonds is 4. The van der Waals surface area contributed by atoms with Crippen LogP contribution >= 0.6 is 0 Å². The van der Waals surface area contributed by atoms with Gasteiger partial charge in [-0.2, -0.15) is 0 Å². The molecule has 1 saturated heterocycles. The SMILES string of the molecule is COc1ccc(CCC(=O)N2CCOCC2)cc1F. The van der Waals surface area contributed by atoms with Crippen molar-refractivity contribution in [3.8, 4) is 5.75 Å². The normalized spacial score (nSPS) is 15.4. The smallest absolute Gasteiger partial charge is 0.223 e. The average Bonchev–Trinajstić information content (AvgIpc) is 2.46. The maximum Gasteiger partial charge on any atom is 0.223 e. The first kappa shape index (κ1) is 13.8. The molecule has 0 spiro atoms. The summed E-state index contributed by atoms with van der Waals surface area (Å²) in [6, 6.07) is 4.80. The van der Waals surface area contributed by atoms with Crippen LogP contribution in [0.2, 0.25) is 0 Å². The molecular weight excluding hydrogens is 249 g/mol. The van der Waals surface area contributed by atoms with E-state index < -0.39 is 0 Å². The van der Waals surface area contributed by atoms with E-state index in [1.54, 1.807) is 17.0 Å². The number of morpholine rings is 1. The number of halogens is 1. The van der Waals surface area contributed by atoms with Crippen molar-refractivity contribution in [2.75, 3.05) is 33.4 Å². The second-order valence-electron chi connectivity index (χ2n) is 4.46. The van der Waals surface area contributed by atoms with Gasteiger partial charge in [0.05, 0.1) is 20.3 Å². The Balaban J connectivity index is 1.87. The van der Waals surface area contributed by atoms with Gasteiger partial charge in [-0.25, -0.2) is 4.39 Å². The van der Waals surface area contributed by atoms with Crippen LogP contribution in [0.1, 0.15) is 12.0 Å². The molecule has 0 unspecified atom stereocenters. The summed E-state index contributed by atoms with van der Waals surface area (Å²) in [5.74, 6) is -0.0680. The number of methoxy groups -OCH3 is 1. The molecule has 19 heavy (non-hydrogen) atoms. The van der Waals surface area contributed by atoms with E-state index in [4.69, 9.17) is 9.47 Å². The summed E-state index contributed by atoms with van der Waals surface area (Å²) in [6.45, 7) is 2.50. The molecule has 1 fully saturated rings. The molecule has 1 aromatic rings. The van der Waals surface area contributed by atoms with Gasteiger partial charge >= 0.3 is 0 Å². The lowest BCUT2D eigenvalue weighted by Gasteiger charge is -2.26. The molecule has 2 rings (SSSR count). The number of benzene rings is 1. The molecule has 0 N–H and O–H groups in total. The maximum absolute atomic E-state index is 13.5. The molecule has 0 saturated carbocycles. The van der Waals surface area contributed by atoms with E-state index in [1.807, 2.05) is 0 Å². The number of aryl methyl sites for hydroxylation is 1. The second kappa shape index (κ2) is 6.52. The lowest BCUT2D eigenvalue weighted by atomic mass is 10.1. The van der Waals surface area contributed by atoms with Gasteiger partial charge in [-0.05, 0) is 24.1 Å². The summed E-state index contributed by atoms with van der Waals surface area (Å²) in [6.07, 6.45) is 0.933. The number of nitrogens with zero attached hydrogens (tertiary/aromatic N) is 1. The van der Waals surface area contributed by atoms with Crippen LogP contribution in [0.15, 0.2) is 18.2 Å². The minimum Gasteiger partial charge on any atom is -0.494 e. The molecule has 1 heterocycles. The van der Waals surface area contributed by atoms with E-state index in [9.17, 15) is 9.18 Å². The first-order valence-electron chi connectivity index (χ1n) is 6.38. The molecule has 0 radical (unpaired) electrons. The molecular formula is C14H18FNO3. The van der Waals surface area contributed by atoms with Crippen LogP contribution < -0.4 is 4.74 Å². The average molecular weight is 267 g/mol. The quantitative estimate of drug-likeness (QED) is 0.832. The number of carbonyl (C=O) groups is 1. The molecule has 104 valence electrons. The van der Waals surface area contributed by atoms with Crippen molar-refractivity contribution in [3.63, 3.8) is 0 Å². The highest BCUT2D eigenvalue weighted by Gasteiger charge is 2.16. The Hall–Kier alpha value is -1.62. The lowest BCUT2D eigenvalue weighted by Crippen LogP contribution is -2.40. The predicted molar refractivity (Wildman–Crippen MR) is 68.7 cm³/mol. The topological polar surface area (TPSA) is 38.8 Å². The Morgan fingerprint density at radius 1 is 1.42 bits per heavy atom. The maximum atomic E-state index is 13.5. The van der Waals surface area contributed by atoms with Crippen LogP contribution in [0, 0.1) is 5.82 Å². The van der Waals surface area contributed by atoms with Crippen molar-refractivity contribution in [1.82, 2.24) is 4.90 Å². The number of hydrogen-bond acceptors (Lipinski definition) is 3. The molecule has 0 bridgehead atoms. The van der Waals surface area contributed by atoms with Crippen LogP contribution in [0.4, 0.5) is 4.39 Å². The molecule has 1 amide bonds. The fourth-order valence-corrected chi connectivity index (χ4v) is 2.09. The minimum absolute atomic E-state index is 0.0968. The lowest BCUT2D eigenvalue weighted by molar-refractivity contribution is -0.135. The number of hydrogen-bond donors (Lipinski definition) is 0. The third-order valence-electron chi connectivity index (χ3n) is 3.21. The summed E-state index contributed by atoms with van der Waals surface area (Å²) in [5, 5.41) is 0. The highest BCUT2D eigenvalue weighted by molar-refractivity contribution is 5.76. The van der Waals surface area contributed by atoms with Gasteiger partial charge in [0.2, 0.25) is 5.91 Å². The second-order valence-corrected chi connectivity index (χ2v) is 4.46. The van der Waals surface area contributed by atoms with Gasteiger partial charge in [-0.1, -0.05) is 6.07 Å². The van der Waals surface area contributed by atoms with Crippen LogP contribution in [-0.2, 0) is 16.0 Å². The summed E-state index contributed by atoms with van der Waals surface area (Å²) in [7, 11) is 1.43. The molecule has 0 atom stereocenters. The molecule has 0 aromatic heterocycles. The third kappa shape index (κ3) is 3.67. The van der Waals surface area contributed by atoms with Gasteiger partial charge in [0.25, 0.3) is 0 Å². The number of carbonyl (C=O) groups excluding carboxylic acids is 1.